The van der Waals surface area contributed by atoms with Crippen LogP contribution in [0.15, 0.2) is 21.6 Å². The van der Waals surface area contributed by atoms with Gasteiger partial charge in [-0.15, -0.1) is 0 Å². The molecule has 2 saturated heterocycles. The number of hydrogen-bond donors (Lipinski definition) is 2. The number of nitrogens with zero attached hydrogens (tertiary/aromatic N) is 3. The molecule has 0 atom stereocenters. The van der Waals surface area contributed by atoms with Gasteiger partial charge in [-0.2, -0.15) is 4.31 Å². The first-order chi connectivity index (χ1) is 13.4. The number of nitrogens with two attached hydrogens (primary N) is 1. The highest BCUT2D eigenvalue weighted by Gasteiger charge is 2.32. The van der Waals surface area contributed by atoms with Crippen molar-refractivity contribution in [3.63, 3.8) is 0 Å². The standard InChI is InChI=1S/C16H25N5O5S2/c17-15(22)13-1-2-14(26-13)28(23,24)21-7-5-20(6-8-21)16(27)18-3-4-19-9-11-25-12-10-19/h1-2H,3-12H2,(H2,17,22)(H,18,27). The number of hydrogen-bond acceptors (Lipinski definition) is 7. The maximum atomic E-state index is 12.6. The number of morpholine rings is 1. The van der Waals surface area contributed by atoms with Crippen LogP contribution in [0.25, 0.3) is 0 Å². The quantitative estimate of drug-likeness (QED) is 0.540. The molecule has 0 spiro atoms. The minimum absolute atomic E-state index is 0.178. The molecular weight excluding hydrogens is 406 g/mol. The van der Waals surface area contributed by atoms with E-state index in [-0.39, 0.29) is 23.9 Å². The molecule has 156 valence electrons. The number of rotatable bonds is 6. The van der Waals surface area contributed by atoms with E-state index in [1.807, 2.05) is 4.90 Å². The smallest absolute Gasteiger partial charge is 0.284 e. The molecule has 0 radical (unpaired) electrons. The maximum absolute atomic E-state index is 12.6. The van der Waals surface area contributed by atoms with Crippen LogP contribution in [0.5, 0.6) is 0 Å². The number of amides is 1. The predicted molar refractivity (Wildman–Crippen MR) is 105 cm³/mol. The van der Waals surface area contributed by atoms with Gasteiger partial charge in [-0.3, -0.25) is 9.69 Å². The fourth-order valence-corrected chi connectivity index (χ4v) is 4.73. The number of piperazine rings is 1. The van der Waals surface area contributed by atoms with Crippen molar-refractivity contribution in [2.45, 2.75) is 5.09 Å². The molecule has 1 aromatic heterocycles. The van der Waals surface area contributed by atoms with Gasteiger partial charge in [-0.25, -0.2) is 8.42 Å². The summed E-state index contributed by atoms with van der Waals surface area (Å²) in [5.74, 6) is -0.984. The number of carbonyl (C=O) groups is 1. The highest BCUT2D eigenvalue weighted by molar-refractivity contribution is 7.89. The Bertz CT molecular complexity index is 798. The van der Waals surface area contributed by atoms with Crippen LogP contribution >= 0.6 is 12.2 Å². The van der Waals surface area contributed by atoms with E-state index >= 15 is 0 Å². The molecule has 0 aromatic carbocycles. The summed E-state index contributed by atoms with van der Waals surface area (Å²) in [6.07, 6.45) is 0. The summed E-state index contributed by atoms with van der Waals surface area (Å²) in [5.41, 5.74) is 5.11. The molecule has 3 heterocycles. The molecule has 0 unspecified atom stereocenters. The summed E-state index contributed by atoms with van der Waals surface area (Å²) < 4.78 is 37.0. The van der Waals surface area contributed by atoms with Crippen LogP contribution in [-0.4, -0.2) is 99.1 Å². The van der Waals surface area contributed by atoms with E-state index in [9.17, 15) is 13.2 Å². The SMILES string of the molecule is NC(=O)c1ccc(S(=O)(=O)N2CCN(C(=S)NCCN3CCOCC3)CC2)o1. The average molecular weight is 432 g/mol. The number of primary amides is 1. The van der Waals surface area contributed by atoms with Crippen molar-refractivity contribution in [2.75, 3.05) is 65.6 Å². The largest absolute Gasteiger partial charge is 0.438 e. The highest BCUT2D eigenvalue weighted by Crippen LogP contribution is 2.20. The van der Waals surface area contributed by atoms with Gasteiger partial charge in [0.2, 0.25) is 5.09 Å². The van der Waals surface area contributed by atoms with Gasteiger partial charge in [0.15, 0.2) is 10.9 Å². The third-order valence-electron chi connectivity index (χ3n) is 4.75. The van der Waals surface area contributed by atoms with Crippen LogP contribution in [0.3, 0.4) is 0 Å². The summed E-state index contributed by atoms with van der Waals surface area (Å²) in [4.78, 5) is 15.4. The first-order valence-electron chi connectivity index (χ1n) is 9.10. The summed E-state index contributed by atoms with van der Waals surface area (Å²) in [6, 6.07) is 2.51. The third-order valence-corrected chi connectivity index (χ3v) is 6.93. The normalized spacial score (nSPS) is 19.5. The fraction of sp³-hybridized carbons (Fsp3) is 0.625. The Morgan fingerprint density at radius 3 is 2.43 bits per heavy atom. The Labute approximate surface area is 169 Å². The van der Waals surface area contributed by atoms with E-state index in [1.54, 1.807) is 0 Å². The summed E-state index contributed by atoms with van der Waals surface area (Å²) in [5, 5.41) is 3.59. The van der Waals surface area contributed by atoms with Crippen molar-refractivity contribution in [2.24, 2.45) is 5.73 Å². The Morgan fingerprint density at radius 2 is 1.82 bits per heavy atom. The second-order valence-corrected chi connectivity index (χ2v) is 8.82. The molecular formula is C16H25N5O5S2. The van der Waals surface area contributed by atoms with Crippen molar-refractivity contribution in [3.05, 3.63) is 17.9 Å². The van der Waals surface area contributed by atoms with Crippen molar-refractivity contribution in [3.8, 4) is 0 Å². The molecule has 12 heteroatoms. The molecule has 0 saturated carbocycles. The average Bonchev–Trinajstić information content (AvgIpc) is 3.20. The van der Waals surface area contributed by atoms with Gasteiger partial charge in [0.1, 0.15) is 0 Å². The van der Waals surface area contributed by atoms with E-state index in [0.29, 0.717) is 18.2 Å². The molecule has 3 N–H and O–H groups in total. The van der Waals surface area contributed by atoms with E-state index < -0.39 is 15.9 Å². The van der Waals surface area contributed by atoms with Gasteiger partial charge in [0.25, 0.3) is 15.9 Å². The van der Waals surface area contributed by atoms with Gasteiger partial charge >= 0.3 is 0 Å². The lowest BCUT2D eigenvalue weighted by Crippen LogP contribution is -2.53. The number of furan rings is 1. The molecule has 3 rings (SSSR count). The molecule has 10 nitrogen and oxygen atoms in total. The molecule has 28 heavy (non-hydrogen) atoms. The molecule has 1 amide bonds. The summed E-state index contributed by atoms with van der Waals surface area (Å²) in [6.45, 7) is 6.51. The summed E-state index contributed by atoms with van der Waals surface area (Å²) in [7, 11) is -3.81. The van der Waals surface area contributed by atoms with E-state index in [1.165, 1.54) is 16.4 Å². The third kappa shape index (κ3) is 5.00. The lowest BCUT2D eigenvalue weighted by atomic mass is 10.4. The first-order valence-corrected chi connectivity index (χ1v) is 11.0. The summed E-state index contributed by atoms with van der Waals surface area (Å²) >= 11 is 5.43. The number of carbonyl (C=O) groups excluding carboxylic acids is 1. The van der Waals surface area contributed by atoms with Crippen LogP contribution < -0.4 is 11.1 Å². The molecule has 2 aliphatic heterocycles. The fourth-order valence-electron chi connectivity index (χ4n) is 3.11. The second kappa shape index (κ2) is 9.18. The zero-order chi connectivity index (χ0) is 20.1. The Balaban J connectivity index is 1.46. The van der Waals surface area contributed by atoms with E-state index in [2.05, 4.69) is 10.2 Å². The number of nitrogens with one attached hydrogen (secondary N) is 1. The number of thiocarbonyl (C=S) groups is 1. The lowest BCUT2D eigenvalue weighted by Gasteiger charge is -2.35. The van der Waals surface area contributed by atoms with Crippen molar-refractivity contribution in [1.82, 2.24) is 19.4 Å². The van der Waals surface area contributed by atoms with Crippen LogP contribution in [0, 0.1) is 0 Å². The van der Waals surface area contributed by atoms with Crippen molar-refractivity contribution >= 4 is 33.3 Å². The monoisotopic (exact) mass is 431 g/mol. The topological polar surface area (TPSA) is 121 Å². The van der Waals surface area contributed by atoms with Crippen molar-refractivity contribution < 1.29 is 22.4 Å². The zero-order valence-corrected chi connectivity index (χ0v) is 17.1. The molecule has 2 aliphatic rings. The molecule has 1 aromatic rings. The molecule has 0 aliphatic carbocycles. The van der Waals surface area contributed by atoms with Crippen molar-refractivity contribution in [1.29, 1.82) is 0 Å². The minimum Gasteiger partial charge on any atom is -0.438 e. The second-order valence-electron chi connectivity index (χ2n) is 6.56. The maximum Gasteiger partial charge on any atom is 0.284 e. The van der Waals surface area contributed by atoms with Crippen LogP contribution in [-0.2, 0) is 14.8 Å². The molecule has 0 bridgehead atoms. The molecule has 2 fully saturated rings. The zero-order valence-electron chi connectivity index (χ0n) is 15.5. The van der Waals surface area contributed by atoms with Gasteiger partial charge in [0.05, 0.1) is 13.2 Å². The predicted octanol–water partition coefficient (Wildman–Crippen LogP) is -1.11. The van der Waals surface area contributed by atoms with Crippen LogP contribution in [0.4, 0.5) is 0 Å². The highest BCUT2D eigenvalue weighted by atomic mass is 32.2. The number of sulfonamides is 1. The first kappa shape index (κ1) is 21.0. The number of ether oxygens (including phenoxy) is 1. The minimum atomic E-state index is -3.81. The van der Waals surface area contributed by atoms with Gasteiger partial charge in [0, 0.05) is 52.4 Å². The van der Waals surface area contributed by atoms with Gasteiger partial charge in [-0.1, -0.05) is 0 Å². The Kier molecular flexibility index (Phi) is 6.88. The van der Waals surface area contributed by atoms with Crippen LogP contribution in [0.1, 0.15) is 10.6 Å². The Morgan fingerprint density at radius 1 is 1.14 bits per heavy atom. The van der Waals surface area contributed by atoms with E-state index in [4.69, 9.17) is 27.1 Å². The lowest BCUT2D eigenvalue weighted by molar-refractivity contribution is 0.0388. The van der Waals surface area contributed by atoms with Gasteiger partial charge < -0.3 is 25.1 Å². The Hall–Kier alpha value is -1.73. The van der Waals surface area contributed by atoms with E-state index in [0.717, 1.165) is 39.4 Å². The van der Waals surface area contributed by atoms with Crippen LogP contribution in [0.2, 0.25) is 0 Å². The van der Waals surface area contributed by atoms with Gasteiger partial charge in [-0.05, 0) is 24.4 Å².